The van der Waals surface area contributed by atoms with Gasteiger partial charge in [-0.15, -0.1) is 0 Å². The first-order valence-corrected chi connectivity index (χ1v) is 4.49. The van der Waals surface area contributed by atoms with E-state index in [9.17, 15) is 4.79 Å². The minimum atomic E-state index is -0.390. The molecule has 0 bridgehead atoms. The average Bonchev–Trinajstić information content (AvgIpc) is 2.06. The van der Waals surface area contributed by atoms with Gasteiger partial charge in [0.2, 0.25) is 6.29 Å². The van der Waals surface area contributed by atoms with Gasteiger partial charge in [-0.3, -0.25) is 0 Å². The van der Waals surface area contributed by atoms with Crippen molar-refractivity contribution >= 4 is 6.47 Å². The fraction of sp³-hybridized carbons (Fsp3) is 0.889. The lowest BCUT2D eigenvalue weighted by Gasteiger charge is -2.13. The molecule has 0 amide bonds. The van der Waals surface area contributed by atoms with Crippen LogP contribution in [0.2, 0.25) is 0 Å². The number of rotatable bonds is 8. The standard InChI is InChI=1S/C9H17O3/c1-3-5-7-11-9(6-4-2)12-8-10/h9H,3-7H2,1-2H3. The van der Waals surface area contributed by atoms with E-state index < -0.39 is 0 Å². The first-order chi connectivity index (χ1) is 5.85. The highest BCUT2D eigenvalue weighted by Gasteiger charge is 2.07. The lowest BCUT2D eigenvalue weighted by molar-refractivity contribution is -0.0942. The van der Waals surface area contributed by atoms with Crippen LogP contribution in [0.5, 0.6) is 0 Å². The third-order valence-corrected chi connectivity index (χ3v) is 1.51. The van der Waals surface area contributed by atoms with E-state index in [1.807, 2.05) is 6.92 Å². The zero-order valence-electron chi connectivity index (χ0n) is 7.84. The van der Waals surface area contributed by atoms with Crippen molar-refractivity contribution in [3.63, 3.8) is 0 Å². The van der Waals surface area contributed by atoms with Gasteiger partial charge >= 0.3 is 6.47 Å². The summed E-state index contributed by atoms with van der Waals surface area (Å²) in [6.07, 6.45) is 3.39. The molecule has 0 spiro atoms. The maximum atomic E-state index is 9.90. The van der Waals surface area contributed by atoms with E-state index in [1.54, 1.807) is 0 Å². The Balaban J connectivity index is 3.40. The van der Waals surface area contributed by atoms with Crippen LogP contribution in [0.1, 0.15) is 39.5 Å². The third-order valence-electron chi connectivity index (χ3n) is 1.51. The van der Waals surface area contributed by atoms with E-state index in [2.05, 4.69) is 11.7 Å². The second-order valence-electron chi connectivity index (χ2n) is 2.64. The highest BCUT2D eigenvalue weighted by molar-refractivity contribution is 5.38. The van der Waals surface area contributed by atoms with Gasteiger partial charge in [0.1, 0.15) is 0 Å². The van der Waals surface area contributed by atoms with Crippen LogP contribution in [0.25, 0.3) is 0 Å². The molecular formula is C9H17O3. The van der Waals surface area contributed by atoms with Crippen LogP contribution in [0.4, 0.5) is 0 Å². The highest BCUT2D eigenvalue weighted by atomic mass is 16.7. The van der Waals surface area contributed by atoms with Gasteiger partial charge in [-0.1, -0.05) is 26.7 Å². The van der Waals surface area contributed by atoms with Crippen molar-refractivity contribution < 1.29 is 14.3 Å². The molecule has 0 heterocycles. The van der Waals surface area contributed by atoms with Gasteiger partial charge in [0, 0.05) is 6.42 Å². The summed E-state index contributed by atoms with van der Waals surface area (Å²) in [6, 6.07) is 0. The molecule has 0 rings (SSSR count). The molecule has 0 aliphatic heterocycles. The lowest BCUT2D eigenvalue weighted by atomic mass is 10.3. The van der Waals surface area contributed by atoms with Crippen LogP contribution in [0, 0.1) is 0 Å². The van der Waals surface area contributed by atoms with Gasteiger partial charge in [0.15, 0.2) is 0 Å². The van der Waals surface area contributed by atoms with Crippen LogP contribution in [0.3, 0.4) is 0 Å². The number of hydrogen-bond acceptors (Lipinski definition) is 3. The average molecular weight is 173 g/mol. The molecule has 3 nitrogen and oxygen atoms in total. The summed E-state index contributed by atoms with van der Waals surface area (Å²) in [4.78, 5) is 9.90. The minimum Gasteiger partial charge on any atom is -0.427 e. The number of unbranched alkanes of at least 4 members (excludes halogenated alkanes) is 1. The molecule has 1 atom stereocenters. The zero-order chi connectivity index (χ0) is 9.23. The Morgan fingerprint density at radius 1 is 1.33 bits per heavy atom. The Kier molecular flexibility index (Phi) is 8.12. The summed E-state index contributed by atoms with van der Waals surface area (Å²) >= 11 is 0. The van der Waals surface area contributed by atoms with Crippen LogP contribution >= 0.6 is 0 Å². The smallest absolute Gasteiger partial charge is 0.419 e. The first-order valence-electron chi connectivity index (χ1n) is 4.49. The fourth-order valence-electron chi connectivity index (χ4n) is 0.825. The highest BCUT2D eigenvalue weighted by Crippen LogP contribution is 2.03. The quantitative estimate of drug-likeness (QED) is 0.416. The molecule has 0 aliphatic rings. The molecule has 1 radical (unpaired) electrons. The van der Waals surface area contributed by atoms with Gasteiger partial charge in [0.05, 0.1) is 6.61 Å². The van der Waals surface area contributed by atoms with Crippen molar-refractivity contribution in [3.8, 4) is 0 Å². The largest absolute Gasteiger partial charge is 0.427 e. The van der Waals surface area contributed by atoms with Crippen molar-refractivity contribution in [3.05, 3.63) is 0 Å². The van der Waals surface area contributed by atoms with E-state index in [0.717, 1.165) is 25.7 Å². The second-order valence-corrected chi connectivity index (χ2v) is 2.64. The van der Waals surface area contributed by atoms with Gasteiger partial charge in [-0.05, 0) is 6.42 Å². The van der Waals surface area contributed by atoms with Crippen LogP contribution in [0.15, 0.2) is 0 Å². The Hall–Kier alpha value is -0.570. The first kappa shape index (κ1) is 11.4. The molecule has 0 N–H and O–H groups in total. The minimum absolute atomic E-state index is 0.390. The number of hydrogen-bond donors (Lipinski definition) is 0. The monoisotopic (exact) mass is 173 g/mol. The van der Waals surface area contributed by atoms with Gasteiger partial charge in [0.25, 0.3) is 0 Å². The predicted molar refractivity (Wildman–Crippen MR) is 46.3 cm³/mol. The second kappa shape index (κ2) is 8.53. The van der Waals surface area contributed by atoms with Crippen LogP contribution in [-0.4, -0.2) is 19.4 Å². The van der Waals surface area contributed by atoms with E-state index in [-0.39, 0.29) is 6.29 Å². The molecule has 0 aliphatic carbocycles. The Morgan fingerprint density at radius 2 is 2.08 bits per heavy atom. The molecule has 3 heteroatoms. The van der Waals surface area contributed by atoms with E-state index in [0.29, 0.717) is 6.61 Å². The summed E-state index contributed by atoms with van der Waals surface area (Å²) in [5, 5.41) is 0. The Bertz CT molecular complexity index is 104. The van der Waals surface area contributed by atoms with Gasteiger partial charge in [-0.2, -0.15) is 0 Å². The van der Waals surface area contributed by atoms with E-state index in [1.165, 1.54) is 6.47 Å². The molecular weight excluding hydrogens is 156 g/mol. The van der Waals surface area contributed by atoms with Crippen molar-refractivity contribution in [1.82, 2.24) is 0 Å². The Labute approximate surface area is 74.0 Å². The molecule has 1 unspecified atom stereocenters. The molecule has 71 valence electrons. The van der Waals surface area contributed by atoms with E-state index in [4.69, 9.17) is 4.74 Å². The van der Waals surface area contributed by atoms with Crippen LogP contribution < -0.4 is 0 Å². The molecule has 0 aromatic rings. The summed E-state index contributed by atoms with van der Waals surface area (Å²) in [5.41, 5.74) is 0. The summed E-state index contributed by atoms with van der Waals surface area (Å²) in [5.74, 6) is 0. The lowest BCUT2D eigenvalue weighted by Crippen LogP contribution is -2.16. The zero-order valence-corrected chi connectivity index (χ0v) is 7.84. The summed E-state index contributed by atoms with van der Waals surface area (Å²) in [6.45, 7) is 6.17. The molecule has 0 fully saturated rings. The summed E-state index contributed by atoms with van der Waals surface area (Å²) < 4.78 is 9.88. The normalized spacial score (nSPS) is 12.5. The van der Waals surface area contributed by atoms with E-state index >= 15 is 0 Å². The van der Waals surface area contributed by atoms with Gasteiger partial charge in [-0.25, -0.2) is 4.79 Å². The third kappa shape index (κ3) is 6.16. The maximum absolute atomic E-state index is 9.90. The van der Waals surface area contributed by atoms with Crippen molar-refractivity contribution in [2.75, 3.05) is 6.61 Å². The fourth-order valence-corrected chi connectivity index (χ4v) is 0.825. The molecule has 0 aromatic heterocycles. The molecule has 0 aromatic carbocycles. The Morgan fingerprint density at radius 3 is 2.58 bits per heavy atom. The number of carbonyl (C=O) groups excluding carboxylic acids is 1. The molecule has 0 saturated heterocycles. The topological polar surface area (TPSA) is 35.5 Å². The predicted octanol–water partition coefficient (Wildman–Crippen LogP) is 2.01. The molecule has 0 saturated carbocycles. The van der Waals surface area contributed by atoms with Crippen molar-refractivity contribution in [2.24, 2.45) is 0 Å². The molecule has 12 heavy (non-hydrogen) atoms. The number of ether oxygens (including phenoxy) is 2. The van der Waals surface area contributed by atoms with Crippen molar-refractivity contribution in [2.45, 2.75) is 45.8 Å². The SMILES string of the molecule is CCCCOC(CCC)O[C]=O. The van der Waals surface area contributed by atoms with Crippen LogP contribution in [-0.2, 0) is 14.3 Å². The summed E-state index contributed by atoms with van der Waals surface area (Å²) in [7, 11) is 0. The van der Waals surface area contributed by atoms with Crippen molar-refractivity contribution in [1.29, 1.82) is 0 Å². The maximum Gasteiger partial charge on any atom is 0.419 e. The van der Waals surface area contributed by atoms with Gasteiger partial charge < -0.3 is 9.47 Å².